The number of unbranched alkanes of at least 4 members (excludes halogenated alkanes) is 1. The van der Waals surface area contributed by atoms with E-state index in [4.69, 9.17) is 0 Å². The number of likely N-dealkylation sites (tertiary alicyclic amines) is 1. The number of benzene rings is 2. The fourth-order valence-electron chi connectivity index (χ4n) is 4.77. The lowest BCUT2D eigenvalue weighted by Crippen LogP contribution is -2.41. The topological polar surface area (TPSA) is 64.6 Å². The van der Waals surface area contributed by atoms with Crippen molar-refractivity contribution in [3.63, 3.8) is 0 Å². The molecule has 2 aromatic rings. The van der Waals surface area contributed by atoms with E-state index >= 15 is 0 Å². The number of aromatic hydroxyl groups is 1. The van der Waals surface area contributed by atoms with Crippen LogP contribution in [-0.4, -0.2) is 28.5 Å². The molecule has 0 saturated carbocycles. The highest BCUT2D eigenvalue weighted by molar-refractivity contribution is 5.86. The van der Waals surface area contributed by atoms with E-state index in [1.807, 2.05) is 23.1 Å². The number of rotatable bonds is 6. The van der Waals surface area contributed by atoms with Crippen molar-refractivity contribution in [2.24, 2.45) is 5.92 Å². The second-order valence-electron chi connectivity index (χ2n) is 8.53. The molecule has 2 aliphatic rings. The first-order chi connectivity index (χ1) is 14.0. The van der Waals surface area contributed by atoms with Crippen LogP contribution in [0.25, 0.3) is 0 Å². The zero-order valence-electron chi connectivity index (χ0n) is 17.4. The van der Waals surface area contributed by atoms with E-state index in [1.54, 1.807) is 6.07 Å². The molecule has 2 fully saturated rings. The van der Waals surface area contributed by atoms with Crippen LogP contribution in [0.3, 0.4) is 0 Å². The number of hydrazine groups is 1. The molecule has 0 aromatic heterocycles. The maximum absolute atomic E-state index is 13.3. The molecule has 5 heteroatoms. The Kier molecular flexibility index (Phi) is 5.61. The molecule has 2 saturated heterocycles. The molecule has 2 aromatic carbocycles. The minimum atomic E-state index is -0.286. The minimum Gasteiger partial charge on any atom is -0.508 e. The lowest BCUT2D eigenvalue weighted by atomic mass is 9.82. The quantitative estimate of drug-likeness (QED) is 0.693. The molecular formula is C24H31N3O2. The number of carbonyl (C=O) groups excluding carboxylic acids is 1. The van der Waals surface area contributed by atoms with Gasteiger partial charge in [-0.15, -0.1) is 0 Å². The summed E-state index contributed by atoms with van der Waals surface area (Å²) in [7, 11) is 0. The molecule has 2 aliphatic heterocycles. The second-order valence-corrected chi connectivity index (χ2v) is 8.53. The van der Waals surface area contributed by atoms with Gasteiger partial charge in [0.15, 0.2) is 0 Å². The van der Waals surface area contributed by atoms with Gasteiger partial charge in [-0.2, -0.15) is 0 Å². The first-order valence-electron chi connectivity index (χ1n) is 10.7. The highest BCUT2D eigenvalue weighted by atomic mass is 16.3. The Hall–Kier alpha value is -2.37. The molecule has 0 radical (unpaired) electrons. The third-order valence-electron chi connectivity index (χ3n) is 6.38. The highest BCUT2D eigenvalue weighted by Crippen LogP contribution is 2.48. The van der Waals surface area contributed by atoms with Gasteiger partial charge in [-0.1, -0.05) is 69.7 Å². The van der Waals surface area contributed by atoms with Crippen LogP contribution < -0.4 is 10.9 Å². The Bertz CT molecular complexity index is 865. The molecule has 0 aliphatic carbocycles. The molecule has 3 N–H and O–H groups in total. The second kappa shape index (κ2) is 8.17. The maximum atomic E-state index is 13.3. The first kappa shape index (κ1) is 19.9. The number of hydrogen-bond acceptors (Lipinski definition) is 4. The van der Waals surface area contributed by atoms with E-state index in [1.165, 1.54) is 5.56 Å². The molecule has 154 valence electrons. The number of para-hydroxylation sites is 1. The van der Waals surface area contributed by atoms with Gasteiger partial charge in [-0.3, -0.25) is 4.79 Å². The Morgan fingerprint density at radius 2 is 1.72 bits per heavy atom. The average Bonchev–Trinajstić information content (AvgIpc) is 3.26. The number of carbonyl (C=O) groups is 1. The summed E-state index contributed by atoms with van der Waals surface area (Å²) in [5, 5.41) is 10.5. The predicted molar refractivity (Wildman–Crippen MR) is 114 cm³/mol. The van der Waals surface area contributed by atoms with Crippen molar-refractivity contribution in [1.82, 2.24) is 15.8 Å². The van der Waals surface area contributed by atoms with Crippen molar-refractivity contribution in [2.75, 3.05) is 6.54 Å². The average molecular weight is 394 g/mol. The summed E-state index contributed by atoms with van der Waals surface area (Å²) < 4.78 is 0. The number of phenolic OH excluding ortho intramolecular Hbond substituents is 1. The van der Waals surface area contributed by atoms with Crippen LogP contribution >= 0.6 is 0 Å². The fraction of sp³-hybridized carbons (Fsp3) is 0.458. The van der Waals surface area contributed by atoms with Gasteiger partial charge in [0, 0.05) is 18.0 Å². The normalized spacial score (nSPS) is 26.3. The number of nitrogens with zero attached hydrogens (tertiary/aromatic N) is 1. The molecule has 4 unspecified atom stereocenters. The monoisotopic (exact) mass is 393 g/mol. The van der Waals surface area contributed by atoms with Crippen molar-refractivity contribution in [3.05, 3.63) is 65.2 Å². The predicted octanol–water partition coefficient (Wildman–Crippen LogP) is 4.03. The van der Waals surface area contributed by atoms with Crippen molar-refractivity contribution >= 4 is 5.91 Å². The number of fused-ring (bicyclic) bond motifs is 1. The van der Waals surface area contributed by atoms with Gasteiger partial charge in [0.25, 0.3) is 0 Å². The van der Waals surface area contributed by atoms with Crippen molar-refractivity contribution < 1.29 is 9.90 Å². The largest absolute Gasteiger partial charge is 0.508 e. The smallest absolute Gasteiger partial charge is 0.242 e. The summed E-state index contributed by atoms with van der Waals surface area (Å²) in [5.74, 6) is 0.896. The maximum Gasteiger partial charge on any atom is 0.242 e. The van der Waals surface area contributed by atoms with E-state index in [2.05, 4.69) is 55.9 Å². The van der Waals surface area contributed by atoms with Gasteiger partial charge in [0.1, 0.15) is 11.8 Å². The molecule has 0 spiro atoms. The molecular weight excluding hydrogens is 362 g/mol. The standard InChI is InChI=1S/C24H31N3O2/c1-4-5-14-27-23(17-12-10-16(11-13-17)15(2)3)20-21(25-26-22(20)24(27)29)18-8-6-7-9-19(18)28/h6-13,15,20-23,25-26,28H,4-5,14H2,1-3H3. The Morgan fingerprint density at radius 1 is 1.03 bits per heavy atom. The Morgan fingerprint density at radius 3 is 2.38 bits per heavy atom. The summed E-state index contributed by atoms with van der Waals surface area (Å²) >= 11 is 0. The number of nitrogens with one attached hydrogen (secondary N) is 2. The summed E-state index contributed by atoms with van der Waals surface area (Å²) in [5.41, 5.74) is 9.82. The molecule has 0 bridgehead atoms. The number of amides is 1. The summed E-state index contributed by atoms with van der Waals surface area (Å²) in [6.45, 7) is 7.29. The van der Waals surface area contributed by atoms with E-state index in [9.17, 15) is 9.90 Å². The number of phenols is 1. The van der Waals surface area contributed by atoms with Gasteiger partial charge < -0.3 is 10.0 Å². The Balaban J connectivity index is 1.74. The highest BCUT2D eigenvalue weighted by Gasteiger charge is 2.55. The first-order valence-corrected chi connectivity index (χ1v) is 10.7. The van der Waals surface area contributed by atoms with Crippen molar-refractivity contribution in [3.8, 4) is 5.75 Å². The SMILES string of the molecule is CCCCN1C(=O)C2NNC(c3ccccc3O)C2C1c1ccc(C(C)C)cc1. The van der Waals surface area contributed by atoms with Crippen LogP contribution in [0.15, 0.2) is 48.5 Å². The van der Waals surface area contributed by atoms with Gasteiger partial charge >= 0.3 is 0 Å². The molecule has 1 amide bonds. The molecule has 5 nitrogen and oxygen atoms in total. The zero-order valence-corrected chi connectivity index (χ0v) is 17.4. The Labute approximate surface area is 173 Å². The lowest BCUT2D eigenvalue weighted by Gasteiger charge is -2.31. The summed E-state index contributed by atoms with van der Waals surface area (Å²) in [6.07, 6.45) is 2.03. The van der Waals surface area contributed by atoms with Crippen molar-refractivity contribution in [2.45, 2.75) is 57.7 Å². The summed E-state index contributed by atoms with van der Waals surface area (Å²) in [6, 6.07) is 15.7. The zero-order chi connectivity index (χ0) is 20.5. The van der Waals surface area contributed by atoms with Crippen LogP contribution in [0, 0.1) is 5.92 Å². The molecule has 2 heterocycles. The van der Waals surface area contributed by atoms with Gasteiger partial charge in [-0.05, 0) is 29.5 Å². The van der Waals surface area contributed by atoms with Gasteiger partial charge in [0.05, 0.1) is 12.1 Å². The third kappa shape index (κ3) is 3.53. The van der Waals surface area contributed by atoms with E-state index < -0.39 is 0 Å². The van der Waals surface area contributed by atoms with E-state index in [0.29, 0.717) is 5.92 Å². The van der Waals surface area contributed by atoms with Crippen LogP contribution in [0.5, 0.6) is 5.75 Å². The third-order valence-corrected chi connectivity index (χ3v) is 6.38. The number of hydrogen-bond donors (Lipinski definition) is 3. The van der Waals surface area contributed by atoms with E-state index in [-0.39, 0.29) is 35.7 Å². The lowest BCUT2D eigenvalue weighted by molar-refractivity contribution is -0.130. The van der Waals surface area contributed by atoms with E-state index in [0.717, 1.165) is 30.5 Å². The van der Waals surface area contributed by atoms with Crippen LogP contribution in [0.4, 0.5) is 0 Å². The van der Waals surface area contributed by atoms with Gasteiger partial charge in [-0.25, -0.2) is 10.9 Å². The van der Waals surface area contributed by atoms with Crippen molar-refractivity contribution in [1.29, 1.82) is 0 Å². The minimum absolute atomic E-state index is 0.0116. The van der Waals surface area contributed by atoms with Crippen LogP contribution in [-0.2, 0) is 4.79 Å². The van der Waals surface area contributed by atoms with Crippen LogP contribution in [0.1, 0.15) is 68.3 Å². The fourth-order valence-corrected chi connectivity index (χ4v) is 4.77. The molecule has 4 rings (SSSR count). The van der Waals surface area contributed by atoms with Crippen LogP contribution in [0.2, 0.25) is 0 Å². The molecule has 4 atom stereocenters. The molecule has 29 heavy (non-hydrogen) atoms. The summed E-state index contributed by atoms with van der Waals surface area (Å²) in [4.78, 5) is 15.3. The van der Waals surface area contributed by atoms with Gasteiger partial charge in [0.2, 0.25) is 5.91 Å².